The molecule has 4 bridgehead atoms. The summed E-state index contributed by atoms with van der Waals surface area (Å²) in [6.45, 7) is 2.33. The molecule has 160 valence electrons. The number of nitrogens with one attached hydrogen (secondary N) is 1. The van der Waals surface area contributed by atoms with Gasteiger partial charge in [-0.15, -0.1) is 11.6 Å². The van der Waals surface area contributed by atoms with E-state index in [9.17, 15) is 4.79 Å². The summed E-state index contributed by atoms with van der Waals surface area (Å²) >= 11 is 6.35. The van der Waals surface area contributed by atoms with E-state index in [4.69, 9.17) is 11.6 Å². The largest absolute Gasteiger partial charge is 0.350 e. The summed E-state index contributed by atoms with van der Waals surface area (Å²) in [5.74, 6) is 2.64. The van der Waals surface area contributed by atoms with Crippen molar-refractivity contribution in [2.45, 2.75) is 74.8 Å². The summed E-state index contributed by atoms with van der Waals surface area (Å²) in [4.78, 5) is 16.6. The van der Waals surface area contributed by atoms with Crippen LogP contribution in [0.5, 0.6) is 0 Å². The number of carbonyl (C=O) groups is 1. The molecule has 5 aliphatic carbocycles. The second-order valence-electron chi connectivity index (χ2n) is 12.0. The molecule has 2 aliphatic heterocycles. The zero-order chi connectivity index (χ0) is 20.2. The SMILES string of the molecule is O=C(N[C@@H]1CN2CCC3CC312)C12CC3C[C@@](CCCl)(C1)C[C@](c1ccccc1)(C3)C2. The predicted octanol–water partition coefficient (Wildman–Crippen LogP) is 4.49. The molecule has 5 saturated carbocycles. The van der Waals surface area contributed by atoms with Crippen LogP contribution in [0.4, 0.5) is 0 Å². The second kappa shape index (κ2) is 5.84. The third-order valence-electron chi connectivity index (χ3n) is 10.4. The number of rotatable bonds is 5. The van der Waals surface area contributed by atoms with E-state index in [1.165, 1.54) is 44.2 Å². The Hall–Kier alpha value is -1.06. The van der Waals surface area contributed by atoms with E-state index >= 15 is 0 Å². The van der Waals surface area contributed by atoms with Gasteiger partial charge in [-0.05, 0) is 92.6 Å². The highest BCUT2D eigenvalue weighted by Gasteiger charge is 2.73. The third kappa shape index (κ3) is 2.24. The Morgan fingerprint density at radius 2 is 1.97 bits per heavy atom. The maximum absolute atomic E-state index is 14.0. The number of benzene rings is 1. The van der Waals surface area contributed by atoms with Crippen LogP contribution in [0.2, 0.25) is 0 Å². The Balaban J connectivity index is 1.23. The average molecular weight is 425 g/mol. The van der Waals surface area contributed by atoms with Crippen LogP contribution < -0.4 is 5.32 Å². The molecule has 0 radical (unpaired) electrons. The quantitative estimate of drug-likeness (QED) is 0.706. The van der Waals surface area contributed by atoms with E-state index in [0.29, 0.717) is 23.4 Å². The van der Waals surface area contributed by atoms with Gasteiger partial charge in [-0.3, -0.25) is 9.69 Å². The maximum Gasteiger partial charge on any atom is 0.226 e. The lowest BCUT2D eigenvalue weighted by molar-refractivity contribution is -0.165. The van der Waals surface area contributed by atoms with E-state index in [0.717, 1.165) is 44.0 Å². The van der Waals surface area contributed by atoms with Crippen molar-refractivity contribution in [3.05, 3.63) is 35.9 Å². The standard InChI is InChI=1S/C26H33ClN2O/c27-8-7-23-10-18-11-24(15-23,19-4-2-1-3-5-19)17-25(12-18,16-23)22(30)28-21-14-29-9-6-20-13-26(20,21)29/h1-5,18,20-21H,6-17H2,(H,28,30)/t18?,20?,21-,23-,24-,25?,26?/m1/s1. The molecular formula is C26H33ClN2O. The Labute approximate surface area is 184 Å². The van der Waals surface area contributed by atoms with Crippen molar-refractivity contribution < 1.29 is 4.79 Å². The number of nitrogens with zero attached hydrogens (tertiary/aromatic N) is 1. The fraction of sp³-hybridized carbons (Fsp3) is 0.731. The highest BCUT2D eigenvalue weighted by Crippen LogP contribution is 2.71. The minimum absolute atomic E-state index is 0.170. The normalized spacial score (nSPS) is 50.0. The number of halogens is 1. The van der Waals surface area contributed by atoms with Gasteiger partial charge in [-0.2, -0.15) is 0 Å². The smallest absolute Gasteiger partial charge is 0.226 e. The first kappa shape index (κ1) is 18.5. The van der Waals surface area contributed by atoms with Gasteiger partial charge in [0.1, 0.15) is 0 Å². The van der Waals surface area contributed by atoms with E-state index < -0.39 is 0 Å². The lowest BCUT2D eigenvalue weighted by Crippen LogP contribution is -2.70. The van der Waals surface area contributed by atoms with Crippen LogP contribution in [0.25, 0.3) is 0 Å². The van der Waals surface area contributed by atoms with E-state index in [1.807, 2.05) is 0 Å². The van der Waals surface area contributed by atoms with Gasteiger partial charge in [0.25, 0.3) is 0 Å². The second-order valence-corrected chi connectivity index (χ2v) is 12.4. The Bertz CT molecular complexity index is 906. The van der Waals surface area contributed by atoms with Crippen molar-refractivity contribution >= 4 is 17.5 Å². The molecule has 4 unspecified atom stereocenters. The number of alkyl halides is 1. The van der Waals surface area contributed by atoms with E-state index in [2.05, 4.69) is 40.5 Å². The predicted molar refractivity (Wildman–Crippen MR) is 118 cm³/mol. The van der Waals surface area contributed by atoms with Crippen molar-refractivity contribution in [3.63, 3.8) is 0 Å². The van der Waals surface area contributed by atoms with Gasteiger partial charge >= 0.3 is 0 Å². The molecule has 1 N–H and O–H groups in total. The van der Waals surface area contributed by atoms with Crippen molar-refractivity contribution in [1.29, 1.82) is 0 Å². The lowest BCUT2D eigenvalue weighted by Gasteiger charge is -2.66. The summed E-state index contributed by atoms with van der Waals surface area (Å²) in [7, 11) is 0. The first-order valence-corrected chi connectivity index (χ1v) is 12.7. The molecule has 7 fully saturated rings. The Morgan fingerprint density at radius 3 is 2.73 bits per heavy atom. The van der Waals surface area contributed by atoms with Crippen LogP contribution in [0, 0.1) is 22.7 Å². The van der Waals surface area contributed by atoms with Crippen molar-refractivity contribution in [1.82, 2.24) is 10.2 Å². The van der Waals surface area contributed by atoms with Crippen LogP contribution in [0.3, 0.4) is 0 Å². The summed E-state index contributed by atoms with van der Waals surface area (Å²) < 4.78 is 0. The van der Waals surface area contributed by atoms with Gasteiger partial charge in [-0.1, -0.05) is 30.3 Å². The fourth-order valence-corrected chi connectivity index (χ4v) is 10.1. The maximum atomic E-state index is 14.0. The highest BCUT2D eigenvalue weighted by molar-refractivity contribution is 6.17. The molecule has 1 aromatic rings. The molecule has 30 heavy (non-hydrogen) atoms. The molecule has 1 amide bonds. The van der Waals surface area contributed by atoms with Gasteiger partial charge < -0.3 is 5.32 Å². The monoisotopic (exact) mass is 424 g/mol. The molecule has 3 nitrogen and oxygen atoms in total. The average Bonchev–Trinajstić information content (AvgIpc) is 3.41. The molecule has 7 aliphatic rings. The minimum atomic E-state index is -0.179. The highest BCUT2D eigenvalue weighted by atomic mass is 35.5. The minimum Gasteiger partial charge on any atom is -0.350 e. The third-order valence-corrected chi connectivity index (χ3v) is 10.6. The van der Waals surface area contributed by atoms with Crippen molar-refractivity contribution in [2.24, 2.45) is 22.7 Å². The zero-order valence-corrected chi connectivity index (χ0v) is 18.6. The topological polar surface area (TPSA) is 32.3 Å². The van der Waals surface area contributed by atoms with Gasteiger partial charge in [-0.25, -0.2) is 0 Å². The molecule has 8 rings (SSSR count). The van der Waals surface area contributed by atoms with Crippen LogP contribution in [-0.4, -0.2) is 41.4 Å². The molecule has 2 saturated heterocycles. The first-order chi connectivity index (χ1) is 14.5. The molecular weight excluding hydrogens is 392 g/mol. The Kier molecular flexibility index (Phi) is 3.60. The van der Waals surface area contributed by atoms with Gasteiger partial charge in [0, 0.05) is 18.0 Å². The van der Waals surface area contributed by atoms with Crippen LogP contribution >= 0.6 is 11.6 Å². The summed E-state index contributed by atoms with van der Waals surface area (Å²) in [5, 5.41) is 3.64. The van der Waals surface area contributed by atoms with Gasteiger partial charge in [0.15, 0.2) is 0 Å². The molecule has 1 spiro atoms. The lowest BCUT2D eigenvalue weighted by atomic mass is 9.38. The van der Waals surface area contributed by atoms with E-state index in [1.54, 1.807) is 0 Å². The molecule has 4 heteroatoms. The number of amides is 1. The summed E-state index contributed by atoms with van der Waals surface area (Å²) in [5.41, 5.74) is 2.08. The van der Waals surface area contributed by atoms with Gasteiger partial charge in [0.05, 0.1) is 11.5 Å². The van der Waals surface area contributed by atoms with Crippen LogP contribution in [0.1, 0.15) is 63.4 Å². The summed E-state index contributed by atoms with van der Waals surface area (Å²) in [6.07, 6.45) is 10.7. The molecule has 1 aromatic carbocycles. The number of carbonyl (C=O) groups excluding carboxylic acids is 1. The van der Waals surface area contributed by atoms with E-state index in [-0.39, 0.29) is 16.2 Å². The zero-order valence-electron chi connectivity index (χ0n) is 17.8. The molecule has 7 atom stereocenters. The Morgan fingerprint density at radius 1 is 1.10 bits per heavy atom. The number of hydrogen-bond acceptors (Lipinski definition) is 2. The first-order valence-electron chi connectivity index (χ1n) is 12.2. The van der Waals surface area contributed by atoms with Crippen LogP contribution in [0.15, 0.2) is 30.3 Å². The van der Waals surface area contributed by atoms with Crippen molar-refractivity contribution in [3.8, 4) is 0 Å². The van der Waals surface area contributed by atoms with Crippen molar-refractivity contribution in [2.75, 3.05) is 19.0 Å². The summed E-state index contributed by atoms with van der Waals surface area (Å²) in [6, 6.07) is 11.5. The number of piperidine rings is 1. The van der Waals surface area contributed by atoms with Gasteiger partial charge in [0.2, 0.25) is 5.91 Å². The van der Waals surface area contributed by atoms with Crippen LogP contribution in [-0.2, 0) is 10.2 Å². The molecule has 0 aromatic heterocycles. The molecule has 2 heterocycles. The number of hydrogen-bond donors (Lipinski definition) is 1. The fourth-order valence-electron chi connectivity index (χ4n) is 9.74.